The average Bonchev–Trinajstić information content (AvgIpc) is 2.62. The second kappa shape index (κ2) is 4.00. The Hall–Kier alpha value is -1.04. The zero-order valence-corrected chi connectivity index (χ0v) is 9.14. The first-order chi connectivity index (χ1) is 6.75. The fraction of sp³-hybridized carbons (Fsp3) is 0.429. The molecule has 0 saturated carbocycles. The summed E-state index contributed by atoms with van der Waals surface area (Å²) in [6, 6.07) is 6.78. The molecule has 2 rings (SSSR count). The maximum absolute atomic E-state index is 2.42. The quantitative estimate of drug-likeness (QED) is 0.613. The van der Waals surface area contributed by atoms with E-state index in [1.54, 1.807) is 5.57 Å². The van der Waals surface area contributed by atoms with Gasteiger partial charge in [-0.1, -0.05) is 35.4 Å². The molecule has 0 spiro atoms. The molecular weight excluding hydrogens is 168 g/mol. The smallest absolute Gasteiger partial charge is 0.00645 e. The van der Waals surface area contributed by atoms with Crippen molar-refractivity contribution in [2.75, 3.05) is 0 Å². The summed E-state index contributed by atoms with van der Waals surface area (Å²) in [5.41, 5.74) is 5.95. The Morgan fingerprint density at radius 2 is 2.07 bits per heavy atom. The highest BCUT2D eigenvalue weighted by atomic mass is 14.1. The molecule has 1 aliphatic rings. The van der Waals surface area contributed by atoms with Crippen molar-refractivity contribution in [2.45, 2.75) is 39.5 Å². The van der Waals surface area contributed by atoms with Crippen molar-refractivity contribution in [2.24, 2.45) is 0 Å². The summed E-state index contributed by atoms with van der Waals surface area (Å²) in [4.78, 5) is 0. The van der Waals surface area contributed by atoms with Crippen LogP contribution in [0.1, 0.15) is 36.0 Å². The first-order valence-electron chi connectivity index (χ1n) is 5.50. The van der Waals surface area contributed by atoms with E-state index in [9.17, 15) is 0 Å². The number of rotatable bonds is 2. The van der Waals surface area contributed by atoms with Gasteiger partial charge < -0.3 is 0 Å². The van der Waals surface area contributed by atoms with Crippen molar-refractivity contribution >= 4 is 0 Å². The number of benzene rings is 1. The molecule has 0 bridgehead atoms. The van der Waals surface area contributed by atoms with Crippen molar-refractivity contribution in [1.29, 1.82) is 0 Å². The molecule has 0 amide bonds. The van der Waals surface area contributed by atoms with E-state index >= 15 is 0 Å². The van der Waals surface area contributed by atoms with Crippen molar-refractivity contribution < 1.29 is 0 Å². The van der Waals surface area contributed by atoms with Gasteiger partial charge in [-0.2, -0.15) is 0 Å². The number of hydrogen-bond donors (Lipinski definition) is 0. The van der Waals surface area contributed by atoms with E-state index in [0.29, 0.717) is 0 Å². The topological polar surface area (TPSA) is 0 Å². The zero-order chi connectivity index (χ0) is 9.97. The Morgan fingerprint density at radius 1 is 1.21 bits per heavy atom. The molecule has 0 aliphatic heterocycles. The molecule has 0 atom stereocenters. The lowest BCUT2D eigenvalue weighted by atomic mass is 9.99. The summed E-state index contributed by atoms with van der Waals surface area (Å²) in [6.07, 6.45) is 7.55. The van der Waals surface area contributed by atoms with Gasteiger partial charge in [0.15, 0.2) is 0 Å². The molecule has 1 aromatic carbocycles. The van der Waals surface area contributed by atoms with Crippen LogP contribution in [0.25, 0.3) is 0 Å². The number of aryl methyl sites for hydroxylation is 2. The maximum atomic E-state index is 2.42. The minimum Gasteiger partial charge on any atom is -0.0850 e. The molecular formula is C14H18. The van der Waals surface area contributed by atoms with Crippen LogP contribution < -0.4 is 0 Å². The van der Waals surface area contributed by atoms with Crippen LogP contribution in [0.5, 0.6) is 0 Å². The molecule has 0 saturated heterocycles. The standard InChI is InChI=1S/C14H18/c1-11-7-8-14(12(2)9-11)10-13-5-3-4-6-13/h5,7-9H,3-4,6,10H2,1-2H3. The second-order valence-corrected chi connectivity index (χ2v) is 4.36. The lowest BCUT2D eigenvalue weighted by molar-refractivity contribution is 0.885. The fourth-order valence-electron chi connectivity index (χ4n) is 2.19. The van der Waals surface area contributed by atoms with Crippen LogP contribution in [0.3, 0.4) is 0 Å². The molecule has 0 heteroatoms. The van der Waals surface area contributed by atoms with Crippen LogP contribution in [-0.2, 0) is 6.42 Å². The van der Waals surface area contributed by atoms with Crippen LogP contribution in [-0.4, -0.2) is 0 Å². The second-order valence-electron chi connectivity index (χ2n) is 4.36. The summed E-state index contributed by atoms with van der Waals surface area (Å²) in [6.45, 7) is 4.38. The van der Waals surface area contributed by atoms with E-state index < -0.39 is 0 Å². The third-order valence-corrected chi connectivity index (χ3v) is 3.05. The Kier molecular flexibility index (Phi) is 2.72. The molecule has 14 heavy (non-hydrogen) atoms. The van der Waals surface area contributed by atoms with Gasteiger partial charge in [-0.15, -0.1) is 0 Å². The van der Waals surface area contributed by atoms with Gasteiger partial charge in [-0.25, -0.2) is 0 Å². The molecule has 1 aromatic rings. The Labute approximate surface area is 86.7 Å². The van der Waals surface area contributed by atoms with Crippen molar-refractivity contribution in [3.05, 3.63) is 46.5 Å². The van der Waals surface area contributed by atoms with Gasteiger partial charge in [0.1, 0.15) is 0 Å². The molecule has 0 nitrogen and oxygen atoms in total. The normalized spacial score (nSPS) is 15.7. The lowest BCUT2D eigenvalue weighted by Gasteiger charge is -2.07. The van der Waals surface area contributed by atoms with E-state index in [1.165, 1.54) is 42.4 Å². The fourth-order valence-corrected chi connectivity index (χ4v) is 2.19. The van der Waals surface area contributed by atoms with Crippen LogP contribution in [0.2, 0.25) is 0 Å². The van der Waals surface area contributed by atoms with Gasteiger partial charge in [0.05, 0.1) is 0 Å². The SMILES string of the molecule is Cc1ccc(CC2=CCCC2)c(C)c1. The van der Waals surface area contributed by atoms with Gasteiger partial charge in [0.25, 0.3) is 0 Å². The monoisotopic (exact) mass is 186 g/mol. The Bertz CT molecular complexity index is 358. The van der Waals surface area contributed by atoms with Gasteiger partial charge in [0, 0.05) is 0 Å². The average molecular weight is 186 g/mol. The lowest BCUT2D eigenvalue weighted by Crippen LogP contribution is -1.92. The van der Waals surface area contributed by atoms with Crippen molar-refractivity contribution in [3.8, 4) is 0 Å². The highest BCUT2D eigenvalue weighted by Crippen LogP contribution is 2.23. The molecule has 0 N–H and O–H groups in total. The van der Waals surface area contributed by atoms with E-state index in [1.807, 2.05) is 0 Å². The highest BCUT2D eigenvalue weighted by molar-refractivity contribution is 5.33. The van der Waals surface area contributed by atoms with Gasteiger partial charge in [-0.3, -0.25) is 0 Å². The summed E-state index contributed by atoms with van der Waals surface area (Å²) < 4.78 is 0. The van der Waals surface area contributed by atoms with Gasteiger partial charge in [-0.05, 0) is 50.7 Å². The van der Waals surface area contributed by atoms with Crippen LogP contribution in [0.15, 0.2) is 29.8 Å². The largest absolute Gasteiger partial charge is 0.0850 e. The van der Waals surface area contributed by atoms with E-state index in [0.717, 1.165) is 0 Å². The van der Waals surface area contributed by atoms with Crippen LogP contribution >= 0.6 is 0 Å². The Balaban J connectivity index is 2.16. The summed E-state index contributed by atoms with van der Waals surface area (Å²) in [7, 11) is 0. The molecule has 1 aliphatic carbocycles. The predicted octanol–water partition coefficient (Wildman–Crippen LogP) is 3.96. The van der Waals surface area contributed by atoms with Crippen molar-refractivity contribution in [1.82, 2.24) is 0 Å². The Morgan fingerprint density at radius 3 is 2.71 bits per heavy atom. The molecule has 0 aromatic heterocycles. The third-order valence-electron chi connectivity index (χ3n) is 3.05. The molecule has 0 heterocycles. The number of hydrogen-bond acceptors (Lipinski definition) is 0. The summed E-state index contributed by atoms with van der Waals surface area (Å²) in [5, 5.41) is 0. The predicted molar refractivity (Wildman–Crippen MR) is 61.6 cm³/mol. The first kappa shape index (κ1) is 9.51. The minimum atomic E-state index is 1.17. The summed E-state index contributed by atoms with van der Waals surface area (Å²) >= 11 is 0. The van der Waals surface area contributed by atoms with Gasteiger partial charge in [0.2, 0.25) is 0 Å². The highest BCUT2D eigenvalue weighted by Gasteiger charge is 2.06. The first-order valence-corrected chi connectivity index (χ1v) is 5.50. The minimum absolute atomic E-state index is 1.17. The summed E-state index contributed by atoms with van der Waals surface area (Å²) in [5.74, 6) is 0. The van der Waals surface area contributed by atoms with E-state index in [2.05, 4.69) is 38.1 Å². The third kappa shape index (κ3) is 2.06. The van der Waals surface area contributed by atoms with Crippen LogP contribution in [0, 0.1) is 13.8 Å². The molecule has 74 valence electrons. The zero-order valence-electron chi connectivity index (χ0n) is 9.14. The molecule has 0 radical (unpaired) electrons. The maximum Gasteiger partial charge on any atom is -0.00645 e. The van der Waals surface area contributed by atoms with E-state index in [-0.39, 0.29) is 0 Å². The van der Waals surface area contributed by atoms with E-state index in [4.69, 9.17) is 0 Å². The van der Waals surface area contributed by atoms with Gasteiger partial charge >= 0.3 is 0 Å². The van der Waals surface area contributed by atoms with Crippen LogP contribution in [0.4, 0.5) is 0 Å². The number of allylic oxidation sites excluding steroid dienone is 2. The van der Waals surface area contributed by atoms with Crippen molar-refractivity contribution in [3.63, 3.8) is 0 Å². The molecule has 0 unspecified atom stereocenters. The molecule has 0 fully saturated rings.